The van der Waals surface area contributed by atoms with Crippen molar-refractivity contribution in [3.63, 3.8) is 0 Å². The summed E-state index contributed by atoms with van der Waals surface area (Å²) in [4.78, 5) is 0. The molecule has 0 radical (unpaired) electrons. The van der Waals surface area contributed by atoms with Gasteiger partial charge >= 0.3 is 5.24 Å². The van der Waals surface area contributed by atoms with E-state index in [1.165, 1.54) is 0 Å². The van der Waals surface area contributed by atoms with Gasteiger partial charge in [-0.3, -0.25) is 0 Å². The number of halogens is 2. The van der Waals surface area contributed by atoms with Crippen molar-refractivity contribution in [2.75, 3.05) is 6.61 Å². The third-order valence-electron chi connectivity index (χ3n) is 4.14. The van der Waals surface area contributed by atoms with Crippen LogP contribution in [0.3, 0.4) is 0 Å². The molecule has 3 N–H and O–H groups in total. The zero-order valence-corrected chi connectivity index (χ0v) is 17.2. The number of ether oxygens (including phenoxy) is 4. The summed E-state index contributed by atoms with van der Waals surface area (Å²) in [6.45, 7) is -0.531. The highest BCUT2D eigenvalue weighted by molar-refractivity contribution is 7.79. The Labute approximate surface area is 182 Å². The Hall–Kier alpha value is -1.65. The van der Waals surface area contributed by atoms with E-state index in [-0.39, 0.29) is 5.24 Å². The molecule has 0 spiro atoms. The van der Waals surface area contributed by atoms with Gasteiger partial charge in [0.2, 0.25) is 6.29 Å². The van der Waals surface area contributed by atoms with Crippen LogP contribution in [0, 0.1) is 0 Å². The summed E-state index contributed by atoms with van der Waals surface area (Å²) >= 11 is 16.8. The first-order valence-electron chi connectivity index (χ1n) is 8.56. The van der Waals surface area contributed by atoms with Crippen LogP contribution in [-0.2, 0) is 9.47 Å². The maximum atomic E-state index is 10.5. The van der Waals surface area contributed by atoms with Gasteiger partial charge in [-0.15, -0.1) is 0 Å². The van der Waals surface area contributed by atoms with Crippen molar-refractivity contribution >= 4 is 40.7 Å². The summed E-state index contributed by atoms with van der Waals surface area (Å²) in [7, 11) is 0. The molecule has 1 heterocycles. The molecule has 29 heavy (non-hydrogen) atoms. The van der Waals surface area contributed by atoms with Crippen LogP contribution in [0.5, 0.6) is 11.5 Å². The van der Waals surface area contributed by atoms with Gasteiger partial charge in [-0.25, -0.2) is 0 Å². The van der Waals surface area contributed by atoms with Gasteiger partial charge < -0.3 is 34.3 Å². The fourth-order valence-electron chi connectivity index (χ4n) is 2.66. The number of hydrogen-bond acceptors (Lipinski definition) is 8. The Morgan fingerprint density at radius 2 is 1.48 bits per heavy atom. The highest BCUT2D eigenvalue weighted by Gasteiger charge is 2.47. The Balaban J connectivity index is 1.74. The van der Waals surface area contributed by atoms with Gasteiger partial charge in [0.15, 0.2) is 6.10 Å². The molecule has 0 aliphatic carbocycles. The lowest BCUT2D eigenvalue weighted by molar-refractivity contribution is -0.275. The van der Waals surface area contributed by atoms with E-state index < -0.39 is 37.3 Å². The number of aliphatic hydroxyl groups excluding tert-OH is 3. The van der Waals surface area contributed by atoms with Gasteiger partial charge in [0.05, 0.1) is 6.61 Å². The maximum Gasteiger partial charge on any atom is 0.358 e. The van der Waals surface area contributed by atoms with E-state index in [4.69, 9.17) is 54.4 Å². The molecule has 0 bridgehead atoms. The first-order chi connectivity index (χ1) is 13.9. The van der Waals surface area contributed by atoms with Crippen LogP contribution in [-0.4, -0.2) is 57.9 Å². The molecule has 7 nitrogen and oxygen atoms in total. The van der Waals surface area contributed by atoms with Crippen molar-refractivity contribution < 1.29 is 34.3 Å². The van der Waals surface area contributed by atoms with Gasteiger partial charge in [0.1, 0.15) is 29.8 Å². The summed E-state index contributed by atoms with van der Waals surface area (Å²) < 4.78 is 22.2. The number of thiocarbonyl (C=S) groups is 1. The lowest BCUT2D eigenvalue weighted by Gasteiger charge is -2.41. The zero-order chi connectivity index (χ0) is 21.0. The van der Waals surface area contributed by atoms with Crippen molar-refractivity contribution in [1.82, 2.24) is 0 Å². The van der Waals surface area contributed by atoms with E-state index in [1.54, 1.807) is 48.5 Å². The second-order valence-electron chi connectivity index (χ2n) is 6.17. The fourth-order valence-corrected chi connectivity index (χ4v) is 3.12. The third-order valence-corrected chi connectivity index (χ3v) is 4.82. The molecule has 2 aromatic carbocycles. The Kier molecular flexibility index (Phi) is 7.53. The number of aliphatic hydroxyl groups is 3. The minimum absolute atomic E-state index is 0.320. The largest absolute Gasteiger partial charge is 0.461 e. The molecule has 1 aliphatic heterocycles. The van der Waals surface area contributed by atoms with Crippen LogP contribution in [0.2, 0.25) is 10.0 Å². The summed E-state index contributed by atoms with van der Waals surface area (Å²) in [6, 6.07) is 12.8. The maximum absolute atomic E-state index is 10.5. The molecule has 2 aromatic rings. The molecule has 0 unspecified atom stereocenters. The van der Waals surface area contributed by atoms with E-state index in [0.717, 1.165) is 0 Å². The molecular formula is C19H18Cl2O7S. The first kappa shape index (κ1) is 22.0. The van der Waals surface area contributed by atoms with E-state index in [0.29, 0.717) is 21.5 Å². The molecule has 0 aromatic heterocycles. The lowest BCUT2D eigenvalue weighted by atomic mass is 9.99. The molecular weight excluding hydrogens is 443 g/mol. The molecule has 10 heteroatoms. The predicted molar refractivity (Wildman–Crippen MR) is 109 cm³/mol. The summed E-state index contributed by atoms with van der Waals surface area (Å²) in [5.41, 5.74) is 0. The van der Waals surface area contributed by atoms with E-state index >= 15 is 0 Å². The minimum Gasteiger partial charge on any atom is -0.461 e. The summed E-state index contributed by atoms with van der Waals surface area (Å²) in [6.07, 6.45) is -6.40. The summed E-state index contributed by atoms with van der Waals surface area (Å²) in [5.74, 6) is 0.743. The zero-order valence-electron chi connectivity index (χ0n) is 14.9. The molecule has 3 rings (SSSR count). The second kappa shape index (κ2) is 9.90. The van der Waals surface area contributed by atoms with Crippen LogP contribution in [0.15, 0.2) is 48.5 Å². The van der Waals surface area contributed by atoms with Crippen molar-refractivity contribution in [3.8, 4) is 11.5 Å². The molecule has 1 fully saturated rings. The van der Waals surface area contributed by atoms with E-state index in [9.17, 15) is 15.3 Å². The third kappa shape index (κ3) is 5.70. The first-order valence-corrected chi connectivity index (χ1v) is 9.72. The lowest BCUT2D eigenvalue weighted by Crippen LogP contribution is -2.61. The quantitative estimate of drug-likeness (QED) is 0.585. The van der Waals surface area contributed by atoms with Gasteiger partial charge in [0, 0.05) is 22.3 Å². The number of hydrogen-bond donors (Lipinski definition) is 3. The fraction of sp³-hybridized carbons (Fsp3) is 0.316. The van der Waals surface area contributed by atoms with Crippen molar-refractivity contribution in [2.45, 2.75) is 30.7 Å². The van der Waals surface area contributed by atoms with Crippen LogP contribution in [0.25, 0.3) is 0 Å². The second-order valence-corrected chi connectivity index (χ2v) is 7.37. The molecule has 5 atom stereocenters. The van der Waals surface area contributed by atoms with Gasteiger partial charge in [-0.2, -0.15) is 0 Å². The normalized spacial score (nSPS) is 26.6. The molecule has 0 amide bonds. The summed E-state index contributed by atoms with van der Waals surface area (Å²) in [5, 5.41) is 30.8. The van der Waals surface area contributed by atoms with E-state index in [1.807, 2.05) is 0 Å². The molecule has 1 aliphatic rings. The highest BCUT2D eigenvalue weighted by Crippen LogP contribution is 2.27. The smallest absolute Gasteiger partial charge is 0.358 e. The molecule has 156 valence electrons. The minimum atomic E-state index is -1.47. The van der Waals surface area contributed by atoms with Crippen molar-refractivity contribution in [2.24, 2.45) is 0 Å². The Bertz CT molecular complexity index is 818. The SMILES string of the molecule is OC[C@H]1O[C@H](Oc2ccc(Cl)cc2)[C@H](OC(=S)Oc2ccc(Cl)cc2)[C@@H](O)[C@@H]1O. The van der Waals surface area contributed by atoms with Crippen LogP contribution >= 0.6 is 35.4 Å². The average Bonchev–Trinajstić information content (AvgIpc) is 2.71. The number of rotatable bonds is 5. The predicted octanol–water partition coefficient (Wildman–Crippen LogP) is 2.56. The van der Waals surface area contributed by atoms with Gasteiger partial charge in [-0.1, -0.05) is 23.2 Å². The average molecular weight is 461 g/mol. The standard InChI is InChI=1S/C19H18Cl2O7S/c20-10-1-5-12(6-2-10)25-18-17(16(24)15(23)14(9-22)27-18)28-19(29)26-13-7-3-11(21)4-8-13/h1-8,14-18,22-24H,9H2/t14-,15-,16+,17-,18+/m1/s1. The van der Waals surface area contributed by atoms with Gasteiger partial charge in [0.25, 0.3) is 0 Å². The van der Waals surface area contributed by atoms with Crippen LogP contribution in [0.1, 0.15) is 0 Å². The molecule has 0 saturated carbocycles. The highest BCUT2D eigenvalue weighted by atomic mass is 35.5. The Morgan fingerprint density at radius 1 is 0.931 bits per heavy atom. The molecule has 1 saturated heterocycles. The Morgan fingerprint density at radius 3 is 2.03 bits per heavy atom. The van der Waals surface area contributed by atoms with Crippen molar-refractivity contribution in [3.05, 3.63) is 58.6 Å². The van der Waals surface area contributed by atoms with Gasteiger partial charge in [-0.05, 0) is 48.5 Å². The topological polar surface area (TPSA) is 97.6 Å². The van der Waals surface area contributed by atoms with E-state index in [2.05, 4.69) is 0 Å². The van der Waals surface area contributed by atoms with Crippen LogP contribution < -0.4 is 9.47 Å². The van der Waals surface area contributed by atoms with Crippen LogP contribution in [0.4, 0.5) is 0 Å². The van der Waals surface area contributed by atoms with Crippen molar-refractivity contribution in [1.29, 1.82) is 0 Å². The monoisotopic (exact) mass is 460 g/mol. The number of benzene rings is 2.